The van der Waals surface area contributed by atoms with Crippen LogP contribution in [0.4, 0.5) is 11.8 Å². The summed E-state index contributed by atoms with van der Waals surface area (Å²) in [6.07, 6.45) is 1.52. The molecule has 7 heteroatoms. The molecule has 114 valence electrons. The molecule has 0 amide bonds. The molecule has 1 aromatic carbocycles. The molecule has 0 saturated carbocycles. The van der Waals surface area contributed by atoms with Crippen molar-refractivity contribution in [2.75, 3.05) is 11.9 Å². The van der Waals surface area contributed by atoms with Gasteiger partial charge in [-0.15, -0.1) is 0 Å². The van der Waals surface area contributed by atoms with Crippen molar-refractivity contribution in [1.82, 2.24) is 20.2 Å². The molecule has 0 aliphatic rings. The predicted molar refractivity (Wildman–Crippen MR) is 85.2 cm³/mol. The average Bonchev–Trinajstić information content (AvgIpc) is 3.04. The molecule has 0 aliphatic carbocycles. The van der Waals surface area contributed by atoms with Gasteiger partial charge >= 0.3 is 0 Å². The first kappa shape index (κ1) is 14.5. The molecule has 0 spiro atoms. The summed E-state index contributed by atoms with van der Waals surface area (Å²) in [6, 6.07) is 13.1. The number of rotatable bonds is 5. The Kier molecular flexibility index (Phi) is 4.16. The lowest BCUT2D eigenvalue weighted by atomic mass is 10.1. The number of hydrogen-bond donors (Lipinski definition) is 2. The van der Waals surface area contributed by atoms with E-state index in [4.69, 9.17) is 10.00 Å². The van der Waals surface area contributed by atoms with Gasteiger partial charge in [-0.1, -0.05) is 12.1 Å². The molecule has 0 fully saturated rings. The van der Waals surface area contributed by atoms with Crippen LogP contribution >= 0.6 is 0 Å². The van der Waals surface area contributed by atoms with Gasteiger partial charge in [0.1, 0.15) is 17.5 Å². The second-order valence-electron chi connectivity index (χ2n) is 4.63. The van der Waals surface area contributed by atoms with Crippen LogP contribution in [0.2, 0.25) is 0 Å². The van der Waals surface area contributed by atoms with Gasteiger partial charge in [0.05, 0.1) is 12.3 Å². The lowest BCUT2D eigenvalue weighted by molar-refractivity contribution is 0.340. The third kappa shape index (κ3) is 3.44. The van der Waals surface area contributed by atoms with Crippen molar-refractivity contribution in [1.29, 1.82) is 5.26 Å². The fourth-order valence-corrected chi connectivity index (χ4v) is 2.05. The fraction of sp³-hybridized carbons (Fsp3) is 0.125. The largest absolute Gasteiger partial charge is 0.494 e. The number of aromatic nitrogens is 4. The van der Waals surface area contributed by atoms with Crippen LogP contribution in [-0.2, 0) is 0 Å². The molecule has 2 N–H and O–H groups in total. The Hall–Kier alpha value is -3.40. The lowest BCUT2D eigenvalue weighted by Gasteiger charge is -2.04. The topological polar surface area (TPSA) is 99.5 Å². The van der Waals surface area contributed by atoms with Crippen LogP contribution in [0.1, 0.15) is 12.6 Å². The number of hydrogen-bond acceptors (Lipinski definition) is 6. The molecule has 0 atom stereocenters. The summed E-state index contributed by atoms with van der Waals surface area (Å²) in [4.78, 5) is 8.11. The third-order valence-electron chi connectivity index (χ3n) is 3.04. The summed E-state index contributed by atoms with van der Waals surface area (Å²) < 4.78 is 5.50. The summed E-state index contributed by atoms with van der Waals surface area (Å²) in [5.41, 5.74) is 2.09. The van der Waals surface area contributed by atoms with Crippen LogP contribution < -0.4 is 10.1 Å². The number of H-pyrrole nitrogens is 1. The van der Waals surface area contributed by atoms with Gasteiger partial charge in [-0.25, -0.2) is 9.97 Å². The Bertz CT molecular complexity index is 852. The number of nitrogens with zero attached hydrogens (tertiary/aromatic N) is 4. The Morgan fingerprint density at radius 3 is 3.04 bits per heavy atom. The van der Waals surface area contributed by atoms with Gasteiger partial charge in [-0.2, -0.15) is 10.4 Å². The number of benzene rings is 1. The number of nitrogens with one attached hydrogen (secondary N) is 2. The van der Waals surface area contributed by atoms with Crippen LogP contribution in [0.25, 0.3) is 11.3 Å². The van der Waals surface area contributed by atoms with Gasteiger partial charge in [0.2, 0.25) is 5.95 Å². The molecular formula is C16H14N6O. The molecule has 3 rings (SSSR count). The monoisotopic (exact) mass is 306 g/mol. The van der Waals surface area contributed by atoms with Crippen molar-refractivity contribution in [2.24, 2.45) is 0 Å². The SMILES string of the molecule is CCOc1cccc(-c2cc(Nc3nccc(C#N)n3)n[nH]2)c1. The zero-order valence-corrected chi connectivity index (χ0v) is 12.4. The molecule has 0 bridgehead atoms. The van der Waals surface area contributed by atoms with Crippen molar-refractivity contribution in [3.63, 3.8) is 0 Å². The molecule has 7 nitrogen and oxygen atoms in total. The van der Waals surface area contributed by atoms with E-state index in [9.17, 15) is 0 Å². The van der Waals surface area contributed by atoms with E-state index < -0.39 is 0 Å². The van der Waals surface area contributed by atoms with Gasteiger partial charge in [-0.3, -0.25) is 5.10 Å². The summed E-state index contributed by atoms with van der Waals surface area (Å²) >= 11 is 0. The molecule has 0 unspecified atom stereocenters. The summed E-state index contributed by atoms with van der Waals surface area (Å²) in [5.74, 6) is 1.70. The molecule has 3 aromatic rings. The standard InChI is InChI=1S/C16H14N6O/c1-2-23-13-5-3-4-11(8-13)14-9-15(22-21-14)20-16-18-7-6-12(10-17)19-16/h3-9H,2H2,1H3,(H2,18,19,20,21,22). The summed E-state index contributed by atoms with van der Waals surface area (Å²) in [6.45, 7) is 2.56. The van der Waals surface area contributed by atoms with Crippen molar-refractivity contribution < 1.29 is 4.74 Å². The molecule has 23 heavy (non-hydrogen) atoms. The highest BCUT2D eigenvalue weighted by Crippen LogP contribution is 2.24. The molecule has 2 heterocycles. The van der Waals surface area contributed by atoms with Crippen molar-refractivity contribution in [3.8, 4) is 23.1 Å². The number of anilines is 2. The van der Waals surface area contributed by atoms with E-state index in [-0.39, 0.29) is 0 Å². The van der Waals surface area contributed by atoms with Gasteiger partial charge < -0.3 is 10.1 Å². The van der Waals surface area contributed by atoms with Crippen molar-refractivity contribution in [3.05, 3.63) is 48.3 Å². The average molecular weight is 306 g/mol. The normalized spacial score (nSPS) is 10.1. The van der Waals surface area contributed by atoms with Gasteiger partial charge in [0, 0.05) is 17.8 Å². The fourth-order valence-electron chi connectivity index (χ4n) is 2.05. The highest BCUT2D eigenvalue weighted by atomic mass is 16.5. The maximum atomic E-state index is 8.85. The van der Waals surface area contributed by atoms with Crippen LogP contribution in [0.3, 0.4) is 0 Å². The van der Waals surface area contributed by atoms with Gasteiger partial charge in [-0.05, 0) is 25.1 Å². The second kappa shape index (κ2) is 6.58. The Morgan fingerprint density at radius 1 is 1.30 bits per heavy atom. The molecular weight excluding hydrogens is 292 g/mol. The smallest absolute Gasteiger partial charge is 0.229 e. The van der Waals surface area contributed by atoms with Crippen LogP contribution in [-0.4, -0.2) is 26.8 Å². The van der Waals surface area contributed by atoms with Crippen molar-refractivity contribution >= 4 is 11.8 Å². The molecule has 0 radical (unpaired) electrons. The molecule has 0 saturated heterocycles. The van der Waals surface area contributed by atoms with E-state index >= 15 is 0 Å². The molecule has 2 aromatic heterocycles. The Labute approximate surface area is 133 Å². The van der Waals surface area contributed by atoms with Gasteiger partial charge in [0.15, 0.2) is 5.82 Å². The van der Waals surface area contributed by atoms with E-state index in [0.717, 1.165) is 17.0 Å². The third-order valence-corrected chi connectivity index (χ3v) is 3.04. The minimum absolute atomic E-state index is 0.294. The maximum Gasteiger partial charge on any atom is 0.229 e. The van der Waals surface area contributed by atoms with Gasteiger partial charge in [0.25, 0.3) is 0 Å². The first-order valence-corrected chi connectivity index (χ1v) is 7.07. The predicted octanol–water partition coefficient (Wildman–Crippen LogP) is 2.88. The minimum atomic E-state index is 0.294. The minimum Gasteiger partial charge on any atom is -0.494 e. The lowest BCUT2D eigenvalue weighted by Crippen LogP contribution is -1.98. The quantitative estimate of drug-likeness (QED) is 0.752. The van der Waals surface area contributed by atoms with E-state index in [1.165, 1.54) is 6.20 Å². The number of nitriles is 1. The van der Waals surface area contributed by atoms with Crippen LogP contribution in [0.15, 0.2) is 42.6 Å². The Balaban J connectivity index is 1.80. The Morgan fingerprint density at radius 2 is 2.22 bits per heavy atom. The molecule has 0 aliphatic heterocycles. The number of ether oxygens (including phenoxy) is 1. The zero-order valence-electron chi connectivity index (χ0n) is 12.4. The first-order chi connectivity index (χ1) is 11.3. The summed E-state index contributed by atoms with van der Waals surface area (Å²) in [7, 11) is 0. The maximum absolute atomic E-state index is 8.85. The highest BCUT2D eigenvalue weighted by Gasteiger charge is 2.07. The van der Waals surface area contributed by atoms with E-state index in [0.29, 0.717) is 24.1 Å². The van der Waals surface area contributed by atoms with E-state index in [1.54, 1.807) is 6.07 Å². The first-order valence-electron chi connectivity index (χ1n) is 7.07. The highest BCUT2D eigenvalue weighted by molar-refractivity contribution is 5.65. The van der Waals surface area contributed by atoms with E-state index in [2.05, 4.69) is 25.5 Å². The van der Waals surface area contributed by atoms with Crippen LogP contribution in [0, 0.1) is 11.3 Å². The van der Waals surface area contributed by atoms with Crippen LogP contribution in [0.5, 0.6) is 5.75 Å². The van der Waals surface area contributed by atoms with E-state index in [1.807, 2.05) is 43.3 Å². The summed E-state index contributed by atoms with van der Waals surface area (Å²) in [5, 5.41) is 18.9. The number of aromatic amines is 1. The zero-order chi connectivity index (χ0) is 16.1. The second-order valence-corrected chi connectivity index (χ2v) is 4.63. The van der Waals surface area contributed by atoms with Crippen molar-refractivity contribution in [2.45, 2.75) is 6.92 Å².